The van der Waals surface area contributed by atoms with Crippen LogP contribution in [0.3, 0.4) is 0 Å². The van der Waals surface area contributed by atoms with Gasteiger partial charge in [0, 0.05) is 20.1 Å². The Labute approximate surface area is 158 Å². The predicted octanol–water partition coefficient (Wildman–Crippen LogP) is 3.39. The lowest BCUT2D eigenvalue weighted by Crippen LogP contribution is -2.36. The number of nitrogens with zero attached hydrogens (tertiary/aromatic N) is 2. The number of rotatable bonds is 9. The van der Waals surface area contributed by atoms with Crippen LogP contribution in [0.25, 0.3) is 0 Å². The molecule has 0 radical (unpaired) electrons. The van der Waals surface area contributed by atoms with Crippen LogP contribution in [0, 0.1) is 0 Å². The Morgan fingerprint density at radius 1 is 1.00 bits per heavy atom. The quantitative estimate of drug-likeness (QED) is 0.671. The van der Waals surface area contributed by atoms with Crippen LogP contribution in [0.5, 0.6) is 11.5 Å². The number of ether oxygens (including phenoxy) is 2. The fraction of sp³-hybridized carbons (Fsp3) is 0.350. The molecule has 0 saturated heterocycles. The van der Waals surface area contributed by atoms with Crippen LogP contribution in [0.15, 0.2) is 48.5 Å². The molecule has 0 N–H and O–H groups in total. The molecule has 2 aromatic carbocycles. The third kappa shape index (κ3) is 6.86. The minimum absolute atomic E-state index is 0.0340. The zero-order valence-corrected chi connectivity index (χ0v) is 15.7. The summed E-state index contributed by atoms with van der Waals surface area (Å²) in [5.74, 6) is 0.845. The Hall–Kier alpha value is -2.67. The van der Waals surface area contributed by atoms with Gasteiger partial charge in [-0.2, -0.15) is 8.78 Å². The Bertz CT molecular complexity index is 738. The third-order valence-electron chi connectivity index (χ3n) is 3.99. The van der Waals surface area contributed by atoms with Crippen molar-refractivity contribution in [3.05, 3.63) is 59.7 Å². The molecule has 0 aromatic heterocycles. The molecule has 0 atom stereocenters. The van der Waals surface area contributed by atoms with E-state index in [1.807, 2.05) is 36.2 Å². The Morgan fingerprint density at radius 3 is 2.33 bits per heavy atom. The summed E-state index contributed by atoms with van der Waals surface area (Å²) < 4.78 is 33.9. The first-order valence-corrected chi connectivity index (χ1v) is 8.46. The van der Waals surface area contributed by atoms with Gasteiger partial charge in [0.15, 0.2) is 0 Å². The molecule has 7 heteroatoms. The maximum absolute atomic E-state index is 12.4. The van der Waals surface area contributed by atoms with Gasteiger partial charge in [-0.05, 0) is 42.4 Å². The minimum Gasteiger partial charge on any atom is -0.497 e. The van der Waals surface area contributed by atoms with Crippen molar-refractivity contribution in [2.45, 2.75) is 19.7 Å². The van der Waals surface area contributed by atoms with Crippen molar-refractivity contribution in [1.29, 1.82) is 0 Å². The van der Waals surface area contributed by atoms with Crippen molar-refractivity contribution in [2.24, 2.45) is 0 Å². The molecule has 0 spiro atoms. The fourth-order valence-electron chi connectivity index (χ4n) is 2.63. The second kappa shape index (κ2) is 9.87. The zero-order valence-electron chi connectivity index (χ0n) is 15.7. The van der Waals surface area contributed by atoms with E-state index in [2.05, 4.69) is 4.74 Å². The van der Waals surface area contributed by atoms with E-state index in [9.17, 15) is 13.6 Å². The topological polar surface area (TPSA) is 42.0 Å². The van der Waals surface area contributed by atoms with Gasteiger partial charge in [0.05, 0.1) is 13.7 Å². The molecule has 0 bridgehead atoms. The molecule has 0 heterocycles. The molecule has 2 rings (SSSR count). The Balaban J connectivity index is 1.85. The highest BCUT2D eigenvalue weighted by Gasteiger charge is 2.13. The molecular formula is C20H24F2N2O3. The average molecular weight is 378 g/mol. The third-order valence-corrected chi connectivity index (χ3v) is 3.99. The van der Waals surface area contributed by atoms with Gasteiger partial charge in [-0.3, -0.25) is 9.69 Å². The summed E-state index contributed by atoms with van der Waals surface area (Å²) in [6, 6.07) is 14.0. The highest BCUT2D eigenvalue weighted by molar-refractivity contribution is 5.78. The van der Waals surface area contributed by atoms with E-state index in [4.69, 9.17) is 4.74 Å². The van der Waals surface area contributed by atoms with Gasteiger partial charge < -0.3 is 14.4 Å². The maximum atomic E-state index is 12.4. The van der Waals surface area contributed by atoms with E-state index in [0.717, 1.165) is 16.9 Å². The summed E-state index contributed by atoms with van der Waals surface area (Å²) in [5, 5.41) is 0. The lowest BCUT2D eigenvalue weighted by Gasteiger charge is -2.22. The number of benzene rings is 2. The van der Waals surface area contributed by atoms with Crippen LogP contribution < -0.4 is 9.47 Å². The molecule has 1 amide bonds. The van der Waals surface area contributed by atoms with Crippen LogP contribution in [-0.2, 0) is 17.9 Å². The second-order valence-corrected chi connectivity index (χ2v) is 6.30. The number of amides is 1. The first kappa shape index (κ1) is 20.6. The van der Waals surface area contributed by atoms with E-state index in [1.165, 1.54) is 12.1 Å². The Kier molecular flexibility index (Phi) is 7.55. The SMILES string of the molecule is COc1cccc(CN(C)CC(=O)N(C)Cc2ccc(OC(F)F)cc2)c1. The average Bonchev–Trinajstić information content (AvgIpc) is 2.62. The summed E-state index contributed by atoms with van der Waals surface area (Å²) in [5.41, 5.74) is 1.89. The lowest BCUT2D eigenvalue weighted by atomic mass is 10.2. The maximum Gasteiger partial charge on any atom is 0.387 e. The van der Waals surface area contributed by atoms with Gasteiger partial charge in [-0.25, -0.2) is 0 Å². The van der Waals surface area contributed by atoms with Gasteiger partial charge in [-0.1, -0.05) is 24.3 Å². The molecule has 146 valence electrons. The number of hydrogen-bond donors (Lipinski definition) is 0. The molecule has 0 aliphatic rings. The first-order chi connectivity index (χ1) is 12.9. The van der Waals surface area contributed by atoms with Crippen molar-refractivity contribution in [3.8, 4) is 11.5 Å². The Morgan fingerprint density at radius 2 is 1.70 bits per heavy atom. The molecule has 5 nitrogen and oxygen atoms in total. The number of methoxy groups -OCH3 is 1. The summed E-state index contributed by atoms with van der Waals surface area (Å²) in [4.78, 5) is 15.9. The highest BCUT2D eigenvalue weighted by Crippen LogP contribution is 2.16. The number of carbonyl (C=O) groups is 1. The minimum atomic E-state index is -2.85. The molecular weight excluding hydrogens is 354 g/mol. The van der Waals surface area contributed by atoms with Crippen molar-refractivity contribution in [2.75, 3.05) is 27.7 Å². The molecule has 0 aliphatic carbocycles. The summed E-state index contributed by atoms with van der Waals surface area (Å²) >= 11 is 0. The van der Waals surface area contributed by atoms with Gasteiger partial charge in [0.25, 0.3) is 0 Å². The van der Waals surface area contributed by atoms with Crippen molar-refractivity contribution < 1.29 is 23.0 Å². The van der Waals surface area contributed by atoms with Gasteiger partial charge in [0.1, 0.15) is 11.5 Å². The van der Waals surface area contributed by atoms with Crippen LogP contribution in [0.4, 0.5) is 8.78 Å². The van der Waals surface area contributed by atoms with E-state index >= 15 is 0 Å². The molecule has 0 aliphatic heterocycles. The van der Waals surface area contributed by atoms with Crippen LogP contribution in [-0.4, -0.2) is 50.1 Å². The number of carbonyl (C=O) groups excluding carboxylic acids is 1. The van der Waals surface area contributed by atoms with E-state index in [1.54, 1.807) is 31.2 Å². The van der Waals surface area contributed by atoms with E-state index in [-0.39, 0.29) is 18.2 Å². The molecule has 0 saturated carbocycles. The van der Waals surface area contributed by atoms with E-state index in [0.29, 0.717) is 13.1 Å². The first-order valence-electron chi connectivity index (χ1n) is 8.46. The fourth-order valence-corrected chi connectivity index (χ4v) is 2.63. The zero-order chi connectivity index (χ0) is 19.8. The molecule has 0 fully saturated rings. The highest BCUT2D eigenvalue weighted by atomic mass is 19.3. The molecule has 27 heavy (non-hydrogen) atoms. The predicted molar refractivity (Wildman–Crippen MR) is 98.9 cm³/mol. The molecule has 2 aromatic rings. The monoisotopic (exact) mass is 378 g/mol. The van der Waals surface area contributed by atoms with Crippen molar-refractivity contribution >= 4 is 5.91 Å². The number of halogens is 2. The summed E-state index contributed by atoms with van der Waals surface area (Å²) in [6.07, 6.45) is 0. The van der Waals surface area contributed by atoms with Gasteiger partial charge >= 0.3 is 6.61 Å². The number of alkyl halides is 2. The van der Waals surface area contributed by atoms with E-state index < -0.39 is 6.61 Å². The van der Waals surface area contributed by atoms with Crippen molar-refractivity contribution in [3.63, 3.8) is 0 Å². The standard InChI is InChI=1S/C20H24F2N2O3/c1-23(12-16-5-4-6-18(11-16)26-3)14-19(25)24(2)13-15-7-9-17(10-8-15)27-20(21)22/h4-11,20H,12-14H2,1-3H3. The van der Waals surface area contributed by atoms with Crippen LogP contribution in [0.2, 0.25) is 0 Å². The lowest BCUT2D eigenvalue weighted by molar-refractivity contribution is -0.131. The van der Waals surface area contributed by atoms with Gasteiger partial charge in [-0.15, -0.1) is 0 Å². The van der Waals surface area contributed by atoms with Gasteiger partial charge in [0.2, 0.25) is 5.91 Å². The van der Waals surface area contributed by atoms with Crippen molar-refractivity contribution in [1.82, 2.24) is 9.80 Å². The summed E-state index contributed by atoms with van der Waals surface area (Å²) in [6.45, 7) is -1.57. The normalized spacial score (nSPS) is 10.9. The smallest absolute Gasteiger partial charge is 0.387 e. The summed E-state index contributed by atoms with van der Waals surface area (Å²) in [7, 11) is 5.21. The number of likely N-dealkylation sites (N-methyl/N-ethyl adjacent to an activating group) is 2. The van der Waals surface area contributed by atoms with Crippen LogP contribution in [0.1, 0.15) is 11.1 Å². The largest absolute Gasteiger partial charge is 0.497 e. The molecule has 0 unspecified atom stereocenters. The van der Waals surface area contributed by atoms with Crippen LogP contribution >= 0.6 is 0 Å². The second-order valence-electron chi connectivity index (χ2n) is 6.30. The number of hydrogen-bond acceptors (Lipinski definition) is 4.